The molecule has 0 aromatic heterocycles. The van der Waals surface area contributed by atoms with E-state index in [1.54, 1.807) is 0 Å². The summed E-state index contributed by atoms with van der Waals surface area (Å²) in [6.45, 7) is 0. The van der Waals surface area contributed by atoms with Crippen LogP contribution in [0.4, 0.5) is 0 Å². The van der Waals surface area contributed by atoms with Crippen molar-refractivity contribution in [3.8, 4) is 0 Å². The Labute approximate surface area is 101 Å². The first-order valence-electron chi connectivity index (χ1n) is 6.32. The van der Waals surface area contributed by atoms with E-state index in [0.717, 1.165) is 25.7 Å². The third-order valence-corrected chi connectivity index (χ3v) is 4.87. The van der Waals surface area contributed by atoms with Crippen molar-refractivity contribution >= 4 is 17.7 Å². The van der Waals surface area contributed by atoms with Gasteiger partial charge in [-0.2, -0.15) is 11.8 Å². The molecule has 3 nitrogen and oxygen atoms in total. The SMILES string of the molecule is O=C(O)C1CCCC(NC2CCCSC2)C1. The van der Waals surface area contributed by atoms with Gasteiger partial charge in [0.15, 0.2) is 0 Å². The van der Waals surface area contributed by atoms with Gasteiger partial charge < -0.3 is 10.4 Å². The number of rotatable bonds is 3. The van der Waals surface area contributed by atoms with Crippen LogP contribution in [0.15, 0.2) is 0 Å². The third kappa shape index (κ3) is 3.39. The van der Waals surface area contributed by atoms with Gasteiger partial charge in [-0.05, 0) is 37.9 Å². The number of carbonyl (C=O) groups is 1. The van der Waals surface area contributed by atoms with Gasteiger partial charge in [0.05, 0.1) is 5.92 Å². The topological polar surface area (TPSA) is 49.3 Å². The van der Waals surface area contributed by atoms with E-state index in [0.29, 0.717) is 12.1 Å². The van der Waals surface area contributed by atoms with Crippen molar-refractivity contribution in [3.05, 3.63) is 0 Å². The molecule has 0 spiro atoms. The number of thioether (sulfide) groups is 1. The van der Waals surface area contributed by atoms with Gasteiger partial charge in [0.25, 0.3) is 0 Å². The van der Waals surface area contributed by atoms with E-state index >= 15 is 0 Å². The van der Waals surface area contributed by atoms with Gasteiger partial charge in [0.2, 0.25) is 0 Å². The maximum Gasteiger partial charge on any atom is 0.306 e. The van der Waals surface area contributed by atoms with Crippen molar-refractivity contribution in [3.63, 3.8) is 0 Å². The van der Waals surface area contributed by atoms with Gasteiger partial charge in [-0.1, -0.05) is 6.42 Å². The molecule has 0 amide bonds. The van der Waals surface area contributed by atoms with Crippen LogP contribution in [-0.2, 0) is 4.79 Å². The second kappa shape index (κ2) is 5.92. The van der Waals surface area contributed by atoms with Crippen LogP contribution in [0.2, 0.25) is 0 Å². The molecule has 1 saturated heterocycles. The Balaban J connectivity index is 1.78. The molecule has 1 saturated carbocycles. The number of carboxylic acid groups (broad SMARTS) is 1. The summed E-state index contributed by atoms with van der Waals surface area (Å²) in [7, 11) is 0. The Morgan fingerprint density at radius 3 is 2.69 bits per heavy atom. The van der Waals surface area contributed by atoms with Crippen LogP contribution in [0.1, 0.15) is 38.5 Å². The molecule has 4 heteroatoms. The van der Waals surface area contributed by atoms with E-state index in [9.17, 15) is 4.79 Å². The summed E-state index contributed by atoms with van der Waals surface area (Å²) in [5.41, 5.74) is 0. The van der Waals surface area contributed by atoms with Crippen molar-refractivity contribution < 1.29 is 9.90 Å². The molecule has 2 fully saturated rings. The first-order valence-corrected chi connectivity index (χ1v) is 7.48. The minimum Gasteiger partial charge on any atom is -0.481 e. The fraction of sp³-hybridized carbons (Fsp3) is 0.917. The van der Waals surface area contributed by atoms with Gasteiger partial charge >= 0.3 is 5.97 Å². The van der Waals surface area contributed by atoms with Gasteiger partial charge in [-0.15, -0.1) is 0 Å². The van der Waals surface area contributed by atoms with E-state index in [1.165, 1.54) is 24.3 Å². The lowest BCUT2D eigenvalue weighted by atomic mass is 9.85. The number of aliphatic carboxylic acids is 1. The molecule has 3 atom stereocenters. The van der Waals surface area contributed by atoms with Crippen molar-refractivity contribution in [2.45, 2.75) is 50.6 Å². The molecule has 92 valence electrons. The predicted octanol–water partition coefficient (Wildman–Crippen LogP) is 2.12. The van der Waals surface area contributed by atoms with Crippen molar-refractivity contribution in [1.82, 2.24) is 5.32 Å². The molecular formula is C12H21NO2S. The highest BCUT2D eigenvalue weighted by atomic mass is 32.2. The van der Waals surface area contributed by atoms with Gasteiger partial charge in [-0.3, -0.25) is 4.79 Å². The Morgan fingerprint density at radius 1 is 1.19 bits per heavy atom. The molecule has 1 aliphatic heterocycles. The fourth-order valence-electron chi connectivity index (χ4n) is 2.77. The lowest BCUT2D eigenvalue weighted by Crippen LogP contribution is -2.44. The highest BCUT2D eigenvalue weighted by Crippen LogP contribution is 2.26. The Hall–Kier alpha value is -0.220. The normalized spacial score (nSPS) is 35.9. The fourth-order valence-corrected chi connectivity index (χ4v) is 3.86. The molecule has 0 radical (unpaired) electrons. The van der Waals surface area contributed by atoms with E-state index in [-0.39, 0.29) is 5.92 Å². The quantitative estimate of drug-likeness (QED) is 0.797. The molecule has 0 aromatic rings. The standard InChI is InChI=1S/C12H21NO2S/c14-12(15)9-3-1-4-10(7-9)13-11-5-2-6-16-8-11/h9-11,13H,1-8H2,(H,14,15). The third-order valence-electron chi connectivity index (χ3n) is 3.66. The summed E-state index contributed by atoms with van der Waals surface area (Å²) in [5.74, 6) is 1.78. The monoisotopic (exact) mass is 243 g/mol. The molecule has 2 aliphatic rings. The number of hydrogen-bond donors (Lipinski definition) is 2. The number of carboxylic acids is 1. The lowest BCUT2D eigenvalue weighted by molar-refractivity contribution is -0.143. The van der Waals surface area contributed by atoms with Gasteiger partial charge in [0.1, 0.15) is 0 Å². The Kier molecular flexibility index (Phi) is 4.53. The average Bonchev–Trinajstić information content (AvgIpc) is 2.30. The second-order valence-electron chi connectivity index (χ2n) is 4.98. The summed E-state index contributed by atoms with van der Waals surface area (Å²) < 4.78 is 0. The van der Waals surface area contributed by atoms with E-state index < -0.39 is 5.97 Å². The summed E-state index contributed by atoms with van der Waals surface area (Å²) in [4.78, 5) is 11.0. The van der Waals surface area contributed by atoms with Crippen LogP contribution in [0, 0.1) is 5.92 Å². The highest BCUT2D eigenvalue weighted by molar-refractivity contribution is 7.99. The predicted molar refractivity (Wildman–Crippen MR) is 66.9 cm³/mol. The zero-order valence-corrected chi connectivity index (χ0v) is 10.5. The first-order chi connectivity index (χ1) is 7.75. The molecule has 16 heavy (non-hydrogen) atoms. The van der Waals surface area contributed by atoms with Crippen LogP contribution in [-0.4, -0.2) is 34.7 Å². The average molecular weight is 243 g/mol. The van der Waals surface area contributed by atoms with Crippen LogP contribution in [0.5, 0.6) is 0 Å². The number of hydrogen-bond acceptors (Lipinski definition) is 3. The Bertz CT molecular complexity index is 241. The lowest BCUT2D eigenvalue weighted by Gasteiger charge is -2.32. The summed E-state index contributed by atoms with van der Waals surface area (Å²) >= 11 is 2.02. The van der Waals surface area contributed by atoms with Crippen molar-refractivity contribution in [2.24, 2.45) is 5.92 Å². The van der Waals surface area contributed by atoms with E-state index in [4.69, 9.17) is 5.11 Å². The molecule has 3 unspecified atom stereocenters. The van der Waals surface area contributed by atoms with Crippen LogP contribution < -0.4 is 5.32 Å². The summed E-state index contributed by atoms with van der Waals surface area (Å²) in [6.07, 6.45) is 6.49. The van der Waals surface area contributed by atoms with Crippen molar-refractivity contribution in [2.75, 3.05) is 11.5 Å². The maximum atomic E-state index is 11.0. The minimum absolute atomic E-state index is 0.109. The Morgan fingerprint density at radius 2 is 2.00 bits per heavy atom. The highest BCUT2D eigenvalue weighted by Gasteiger charge is 2.28. The summed E-state index contributed by atoms with van der Waals surface area (Å²) in [5, 5.41) is 12.7. The largest absolute Gasteiger partial charge is 0.481 e. The number of nitrogens with one attached hydrogen (secondary N) is 1. The molecule has 1 heterocycles. The zero-order chi connectivity index (χ0) is 11.4. The van der Waals surface area contributed by atoms with E-state index in [2.05, 4.69) is 5.32 Å². The summed E-state index contributed by atoms with van der Waals surface area (Å²) in [6, 6.07) is 1.06. The molecule has 2 N–H and O–H groups in total. The molecule has 1 aliphatic carbocycles. The van der Waals surface area contributed by atoms with E-state index in [1.807, 2.05) is 11.8 Å². The minimum atomic E-state index is -0.607. The van der Waals surface area contributed by atoms with Crippen LogP contribution >= 0.6 is 11.8 Å². The molecule has 2 rings (SSSR count). The molecular weight excluding hydrogens is 222 g/mol. The molecule has 0 aromatic carbocycles. The smallest absolute Gasteiger partial charge is 0.306 e. The second-order valence-corrected chi connectivity index (χ2v) is 6.13. The van der Waals surface area contributed by atoms with Crippen LogP contribution in [0.3, 0.4) is 0 Å². The maximum absolute atomic E-state index is 11.0. The van der Waals surface area contributed by atoms with Crippen molar-refractivity contribution in [1.29, 1.82) is 0 Å². The van der Waals surface area contributed by atoms with Gasteiger partial charge in [-0.25, -0.2) is 0 Å². The first kappa shape index (κ1) is 12.2. The van der Waals surface area contributed by atoms with Crippen LogP contribution in [0.25, 0.3) is 0 Å². The zero-order valence-electron chi connectivity index (χ0n) is 9.65. The van der Waals surface area contributed by atoms with Gasteiger partial charge in [0, 0.05) is 17.8 Å². The molecule has 0 bridgehead atoms.